The molecule has 4 aromatic rings. The lowest BCUT2D eigenvalue weighted by Gasteiger charge is -2.01. The summed E-state index contributed by atoms with van der Waals surface area (Å²) in [6, 6.07) is 23.1. The third-order valence-electron chi connectivity index (χ3n) is 3.97. The molecular weight excluding hydrogens is 451 g/mol. The van der Waals surface area contributed by atoms with Crippen LogP contribution in [0.3, 0.4) is 0 Å². The normalized spacial score (nSPS) is 11.1. The Bertz CT molecular complexity index is 1120. The van der Waals surface area contributed by atoms with E-state index in [-0.39, 0.29) is 5.91 Å². The van der Waals surface area contributed by atoms with E-state index in [1.807, 2.05) is 66.7 Å². The monoisotopic (exact) mass is 466 g/mol. The first-order valence-corrected chi connectivity index (χ1v) is 9.46. The van der Waals surface area contributed by atoms with Crippen LogP contribution in [0.15, 0.2) is 83.3 Å². The summed E-state index contributed by atoms with van der Waals surface area (Å²) in [5.41, 5.74) is 3.95. The highest BCUT2D eigenvalue weighted by atomic mass is 127. The van der Waals surface area contributed by atoms with E-state index >= 15 is 0 Å². The van der Waals surface area contributed by atoms with Gasteiger partial charge in [-0.05, 0) is 76.7 Å². The largest absolute Gasteiger partial charge is 0.436 e. The first-order chi connectivity index (χ1) is 13.2. The van der Waals surface area contributed by atoms with E-state index < -0.39 is 0 Å². The fraction of sp³-hybridized carbons (Fsp3) is 0. The van der Waals surface area contributed by atoms with Gasteiger partial charge < -0.3 is 9.73 Å². The molecule has 0 aliphatic rings. The van der Waals surface area contributed by atoms with Gasteiger partial charge in [0.15, 0.2) is 5.58 Å². The third-order valence-corrected chi connectivity index (χ3v) is 4.69. The van der Waals surface area contributed by atoms with Crippen LogP contribution in [0.1, 0.15) is 5.56 Å². The van der Waals surface area contributed by atoms with Crippen molar-refractivity contribution in [3.05, 3.63) is 88.0 Å². The highest BCUT2D eigenvalue weighted by Gasteiger charge is 2.09. The van der Waals surface area contributed by atoms with E-state index in [1.165, 1.54) is 6.08 Å². The van der Waals surface area contributed by atoms with Gasteiger partial charge in [-0.2, -0.15) is 0 Å². The van der Waals surface area contributed by atoms with E-state index in [4.69, 9.17) is 4.42 Å². The Morgan fingerprint density at radius 3 is 2.56 bits per heavy atom. The quantitative estimate of drug-likeness (QED) is 0.308. The Hall–Kier alpha value is -2.93. The van der Waals surface area contributed by atoms with Gasteiger partial charge in [-0.1, -0.05) is 30.3 Å². The number of halogens is 1. The van der Waals surface area contributed by atoms with E-state index in [2.05, 4.69) is 32.9 Å². The van der Waals surface area contributed by atoms with Crippen LogP contribution >= 0.6 is 22.6 Å². The van der Waals surface area contributed by atoms with E-state index in [0.717, 1.165) is 14.7 Å². The number of rotatable bonds is 4. The van der Waals surface area contributed by atoms with Crippen molar-refractivity contribution >= 4 is 51.4 Å². The average Bonchev–Trinajstić information content (AvgIpc) is 3.11. The molecule has 0 spiro atoms. The molecule has 3 aromatic carbocycles. The number of oxazole rings is 1. The van der Waals surface area contributed by atoms with Gasteiger partial charge in [0.2, 0.25) is 11.8 Å². The molecule has 1 aromatic heterocycles. The fourth-order valence-electron chi connectivity index (χ4n) is 2.64. The van der Waals surface area contributed by atoms with Crippen LogP contribution in [0.2, 0.25) is 0 Å². The third kappa shape index (κ3) is 4.25. The van der Waals surface area contributed by atoms with Crippen molar-refractivity contribution in [2.24, 2.45) is 0 Å². The number of aromatic nitrogens is 1. The van der Waals surface area contributed by atoms with Crippen LogP contribution in [-0.4, -0.2) is 10.9 Å². The van der Waals surface area contributed by atoms with Gasteiger partial charge in [0, 0.05) is 20.9 Å². The Labute approximate surface area is 170 Å². The molecule has 0 aliphatic heterocycles. The maximum Gasteiger partial charge on any atom is 0.248 e. The second-order valence-corrected chi connectivity index (χ2v) is 7.19. The first kappa shape index (κ1) is 17.5. The lowest BCUT2D eigenvalue weighted by atomic mass is 10.2. The second-order valence-electron chi connectivity index (χ2n) is 5.94. The standard InChI is InChI=1S/C22H15IN2O2/c23-17-9-7-16(8-10-17)22-25-19-14-18(11-12-20(19)27-22)24-21(26)13-6-15-4-2-1-3-5-15/h1-14H,(H,24,26)/b13-6-. The minimum absolute atomic E-state index is 0.195. The summed E-state index contributed by atoms with van der Waals surface area (Å²) in [4.78, 5) is 16.7. The molecule has 0 bridgehead atoms. The molecule has 1 amide bonds. The molecule has 0 saturated heterocycles. The molecule has 27 heavy (non-hydrogen) atoms. The summed E-state index contributed by atoms with van der Waals surface area (Å²) in [5.74, 6) is 0.369. The molecule has 0 radical (unpaired) electrons. The maximum atomic E-state index is 12.1. The summed E-state index contributed by atoms with van der Waals surface area (Å²) in [5, 5.41) is 2.85. The number of nitrogens with zero attached hydrogens (tertiary/aromatic N) is 1. The average molecular weight is 466 g/mol. The zero-order chi connectivity index (χ0) is 18.6. The Balaban J connectivity index is 1.52. The summed E-state index contributed by atoms with van der Waals surface area (Å²) in [6.45, 7) is 0. The predicted molar refractivity (Wildman–Crippen MR) is 116 cm³/mol. The minimum Gasteiger partial charge on any atom is -0.436 e. The highest BCUT2D eigenvalue weighted by molar-refractivity contribution is 14.1. The van der Waals surface area contributed by atoms with E-state index in [9.17, 15) is 4.79 Å². The Morgan fingerprint density at radius 2 is 1.78 bits per heavy atom. The summed E-state index contributed by atoms with van der Waals surface area (Å²) >= 11 is 2.26. The zero-order valence-corrected chi connectivity index (χ0v) is 16.4. The topological polar surface area (TPSA) is 55.1 Å². The van der Waals surface area contributed by atoms with Crippen LogP contribution in [0, 0.1) is 3.57 Å². The number of hydrogen-bond donors (Lipinski definition) is 1. The van der Waals surface area contributed by atoms with Gasteiger partial charge in [0.25, 0.3) is 0 Å². The minimum atomic E-state index is -0.195. The SMILES string of the molecule is O=C(/C=C\c1ccccc1)Nc1ccc2oc(-c3ccc(I)cc3)nc2c1. The summed E-state index contributed by atoms with van der Waals surface area (Å²) in [6.07, 6.45) is 3.29. The van der Waals surface area contributed by atoms with Gasteiger partial charge in [-0.3, -0.25) is 4.79 Å². The molecule has 0 unspecified atom stereocenters. The number of carbonyl (C=O) groups is 1. The van der Waals surface area contributed by atoms with Crippen LogP contribution in [-0.2, 0) is 4.79 Å². The second kappa shape index (κ2) is 7.75. The van der Waals surface area contributed by atoms with Crippen LogP contribution in [0.25, 0.3) is 28.6 Å². The van der Waals surface area contributed by atoms with Gasteiger partial charge >= 0.3 is 0 Å². The molecule has 0 atom stereocenters. The Morgan fingerprint density at radius 1 is 1.00 bits per heavy atom. The lowest BCUT2D eigenvalue weighted by molar-refractivity contribution is -0.111. The molecule has 4 rings (SSSR count). The molecule has 4 nitrogen and oxygen atoms in total. The van der Waals surface area contributed by atoms with Crippen molar-refractivity contribution in [1.82, 2.24) is 4.98 Å². The molecular formula is C22H15IN2O2. The van der Waals surface area contributed by atoms with Crippen molar-refractivity contribution < 1.29 is 9.21 Å². The van der Waals surface area contributed by atoms with Crippen molar-refractivity contribution in [3.63, 3.8) is 0 Å². The maximum absolute atomic E-state index is 12.1. The number of nitrogens with one attached hydrogen (secondary N) is 1. The first-order valence-electron chi connectivity index (χ1n) is 8.38. The van der Waals surface area contributed by atoms with Gasteiger partial charge in [0.05, 0.1) is 0 Å². The number of benzene rings is 3. The van der Waals surface area contributed by atoms with Crippen LogP contribution in [0.5, 0.6) is 0 Å². The predicted octanol–water partition coefficient (Wildman–Crippen LogP) is 5.75. The van der Waals surface area contributed by atoms with Crippen molar-refractivity contribution in [2.75, 3.05) is 5.32 Å². The fourth-order valence-corrected chi connectivity index (χ4v) is 3.00. The number of anilines is 1. The number of carbonyl (C=O) groups excluding carboxylic acids is 1. The number of hydrogen-bond acceptors (Lipinski definition) is 3. The molecule has 0 aliphatic carbocycles. The highest BCUT2D eigenvalue weighted by Crippen LogP contribution is 2.26. The van der Waals surface area contributed by atoms with Gasteiger partial charge in [-0.25, -0.2) is 4.98 Å². The van der Waals surface area contributed by atoms with Gasteiger partial charge in [-0.15, -0.1) is 0 Å². The Kier molecular flexibility index (Phi) is 5.02. The number of fused-ring (bicyclic) bond motifs is 1. The van der Waals surface area contributed by atoms with E-state index in [1.54, 1.807) is 12.1 Å². The molecule has 0 fully saturated rings. The molecule has 5 heteroatoms. The summed E-state index contributed by atoms with van der Waals surface area (Å²) in [7, 11) is 0. The molecule has 1 heterocycles. The van der Waals surface area contributed by atoms with Gasteiger partial charge in [0.1, 0.15) is 5.52 Å². The van der Waals surface area contributed by atoms with Crippen molar-refractivity contribution in [3.8, 4) is 11.5 Å². The summed E-state index contributed by atoms with van der Waals surface area (Å²) < 4.78 is 6.97. The van der Waals surface area contributed by atoms with Crippen LogP contribution in [0.4, 0.5) is 5.69 Å². The number of amides is 1. The van der Waals surface area contributed by atoms with Crippen molar-refractivity contribution in [2.45, 2.75) is 0 Å². The molecule has 1 N–H and O–H groups in total. The molecule has 132 valence electrons. The lowest BCUT2D eigenvalue weighted by Crippen LogP contribution is -2.07. The van der Waals surface area contributed by atoms with Crippen LogP contribution < -0.4 is 5.32 Å². The smallest absolute Gasteiger partial charge is 0.248 e. The zero-order valence-electron chi connectivity index (χ0n) is 14.2. The van der Waals surface area contributed by atoms with Crippen molar-refractivity contribution in [1.29, 1.82) is 0 Å². The van der Waals surface area contributed by atoms with E-state index in [0.29, 0.717) is 22.7 Å². The molecule has 0 saturated carbocycles.